The number of carbonyl (C=O) groups is 4. The molecule has 1 fully saturated rings. The Morgan fingerprint density at radius 3 is 2.24 bits per heavy atom. The number of aliphatic imine (C=N–C) groups is 1. The van der Waals surface area contributed by atoms with Crippen LogP contribution >= 0.6 is 0 Å². The van der Waals surface area contributed by atoms with Crippen molar-refractivity contribution in [3.05, 3.63) is 11.6 Å². The Morgan fingerprint density at radius 1 is 1.08 bits per heavy atom. The van der Waals surface area contributed by atoms with Crippen molar-refractivity contribution in [1.82, 2.24) is 15.5 Å². The predicted octanol–water partition coefficient (Wildman–Crippen LogP) is 1.37. The minimum atomic E-state index is -1.11. The number of likely N-dealkylation sites (tertiary alicyclic amines) is 1. The molecule has 0 aromatic heterocycles. The normalized spacial score (nSPS) is 20.1. The molecule has 0 aliphatic carbocycles. The summed E-state index contributed by atoms with van der Waals surface area (Å²) in [7, 11) is 0. The van der Waals surface area contributed by atoms with Crippen molar-refractivity contribution in [2.75, 3.05) is 13.1 Å². The molecular formula is C26H46N6O5. The van der Waals surface area contributed by atoms with Crippen LogP contribution in [-0.4, -0.2) is 70.9 Å². The zero-order valence-electron chi connectivity index (χ0n) is 23.1. The molecule has 37 heavy (non-hydrogen) atoms. The van der Waals surface area contributed by atoms with Gasteiger partial charge in [0, 0.05) is 25.4 Å². The molecule has 0 saturated carbocycles. The fraction of sp³-hybridized carbons (Fsp3) is 0.731. The van der Waals surface area contributed by atoms with Crippen molar-refractivity contribution in [1.29, 1.82) is 0 Å². The first-order chi connectivity index (χ1) is 17.3. The second kappa shape index (κ2) is 15.2. The Morgan fingerprint density at radius 2 is 1.73 bits per heavy atom. The summed E-state index contributed by atoms with van der Waals surface area (Å²) < 4.78 is 0. The maximum absolute atomic E-state index is 13.8. The molecule has 0 bridgehead atoms. The lowest BCUT2D eigenvalue weighted by atomic mass is 9.96. The van der Waals surface area contributed by atoms with Crippen molar-refractivity contribution in [3.63, 3.8) is 0 Å². The number of unbranched alkanes of at least 4 members (excludes halogenated alkanes) is 1. The van der Waals surface area contributed by atoms with Crippen LogP contribution in [0.15, 0.2) is 16.6 Å². The number of carbonyl (C=O) groups excluding carboxylic acids is 3. The van der Waals surface area contributed by atoms with E-state index in [1.165, 1.54) is 4.90 Å². The Hall–Kier alpha value is -3.11. The van der Waals surface area contributed by atoms with Gasteiger partial charge < -0.3 is 32.1 Å². The number of nitrogens with two attached hydrogens (primary N) is 2. The third kappa shape index (κ3) is 10.4. The summed E-state index contributed by atoms with van der Waals surface area (Å²) >= 11 is 0. The third-order valence-electron chi connectivity index (χ3n) is 6.41. The van der Waals surface area contributed by atoms with Gasteiger partial charge in [-0.15, -0.1) is 0 Å². The van der Waals surface area contributed by atoms with Crippen molar-refractivity contribution in [3.8, 4) is 0 Å². The Labute approximate surface area is 220 Å². The molecule has 11 nitrogen and oxygen atoms in total. The monoisotopic (exact) mass is 522 g/mol. The topological polar surface area (TPSA) is 180 Å². The van der Waals surface area contributed by atoms with Gasteiger partial charge in [-0.3, -0.25) is 19.4 Å². The minimum Gasteiger partial charge on any atom is -0.480 e. The van der Waals surface area contributed by atoms with E-state index in [9.17, 15) is 24.3 Å². The van der Waals surface area contributed by atoms with Gasteiger partial charge in [0.25, 0.3) is 0 Å². The smallest absolute Gasteiger partial charge is 0.326 e. The summed E-state index contributed by atoms with van der Waals surface area (Å²) in [5, 5.41) is 15.1. The van der Waals surface area contributed by atoms with E-state index >= 15 is 0 Å². The highest BCUT2D eigenvalue weighted by atomic mass is 16.4. The van der Waals surface area contributed by atoms with E-state index in [2.05, 4.69) is 15.6 Å². The molecule has 3 amide bonds. The lowest BCUT2D eigenvalue weighted by Gasteiger charge is -2.31. The maximum Gasteiger partial charge on any atom is 0.326 e. The van der Waals surface area contributed by atoms with Crippen LogP contribution in [0.4, 0.5) is 0 Å². The highest BCUT2D eigenvalue weighted by Gasteiger charge is 2.44. The first-order valence-electron chi connectivity index (χ1n) is 13.1. The molecule has 7 N–H and O–H groups in total. The Bertz CT molecular complexity index is 866. The molecule has 0 aromatic rings. The average molecular weight is 523 g/mol. The minimum absolute atomic E-state index is 0.00575. The molecule has 0 unspecified atom stereocenters. The number of hydrogen-bond acceptors (Lipinski definition) is 5. The van der Waals surface area contributed by atoms with Crippen LogP contribution in [0.1, 0.15) is 73.6 Å². The summed E-state index contributed by atoms with van der Waals surface area (Å²) in [4.78, 5) is 56.9. The number of carboxylic acids is 1. The highest BCUT2D eigenvalue weighted by Crippen LogP contribution is 2.30. The van der Waals surface area contributed by atoms with Gasteiger partial charge in [0.05, 0.1) is 0 Å². The average Bonchev–Trinajstić information content (AvgIpc) is 3.12. The summed E-state index contributed by atoms with van der Waals surface area (Å²) in [6, 6.07) is -2.75. The van der Waals surface area contributed by atoms with Gasteiger partial charge in [-0.05, 0) is 50.0 Å². The summed E-state index contributed by atoms with van der Waals surface area (Å²) in [5.41, 5.74) is 11.6. The SMILES string of the molecule is C/C=C1\CN(C(=O)[C@H](CCCCN=C(N)N)NC(=O)CC(C)C)[C@H](C(=O)N[C@@H](CC(C)C)C(=O)O)[C@@H]1C. The molecule has 210 valence electrons. The Balaban J connectivity index is 3.17. The highest BCUT2D eigenvalue weighted by molar-refractivity contribution is 5.94. The van der Waals surface area contributed by atoms with E-state index in [4.69, 9.17) is 11.5 Å². The fourth-order valence-electron chi connectivity index (χ4n) is 4.55. The van der Waals surface area contributed by atoms with Gasteiger partial charge in [-0.2, -0.15) is 0 Å². The van der Waals surface area contributed by atoms with Crippen LogP contribution in [0.5, 0.6) is 0 Å². The van der Waals surface area contributed by atoms with Crippen LogP contribution in [0.25, 0.3) is 0 Å². The first kappa shape index (κ1) is 31.9. The van der Waals surface area contributed by atoms with Gasteiger partial charge in [-0.25, -0.2) is 4.79 Å². The molecule has 0 aromatic carbocycles. The fourth-order valence-corrected chi connectivity index (χ4v) is 4.55. The van der Waals surface area contributed by atoms with E-state index in [0.29, 0.717) is 25.8 Å². The molecule has 0 radical (unpaired) electrons. The van der Waals surface area contributed by atoms with E-state index in [-0.39, 0.29) is 54.9 Å². The number of allylic oxidation sites excluding steroid dienone is 1. The van der Waals surface area contributed by atoms with E-state index in [1.807, 2.05) is 47.6 Å². The largest absolute Gasteiger partial charge is 0.480 e. The predicted molar refractivity (Wildman–Crippen MR) is 143 cm³/mol. The first-order valence-corrected chi connectivity index (χ1v) is 13.1. The van der Waals surface area contributed by atoms with E-state index in [0.717, 1.165) is 5.57 Å². The van der Waals surface area contributed by atoms with Crippen LogP contribution in [0.3, 0.4) is 0 Å². The zero-order valence-corrected chi connectivity index (χ0v) is 23.1. The van der Waals surface area contributed by atoms with E-state index in [1.54, 1.807) is 0 Å². The van der Waals surface area contributed by atoms with Crippen LogP contribution in [0.2, 0.25) is 0 Å². The molecule has 1 saturated heterocycles. The van der Waals surface area contributed by atoms with Crippen molar-refractivity contribution in [2.24, 2.45) is 34.2 Å². The number of aliphatic carboxylic acids is 1. The zero-order chi connectivity index (χ0) is 28.3. The van der Waals surface area contributed by atoms with Gasteiger partial charge in [0.1, 0.15) is 18.1 Å². The molecule has 0 spiro atoms. The van der Waals surface area contributed by atoms with Gasteiger partial charge in [0.15, 0.2) is 5.96 Å². The molecule has 1 rings (SSSR count). The van der Waals surface area contributed by atoms with Crippen LogP contribution < -0.4 is 22.1 Å². The van der Waals surface area contributed by atoms with Gasteiger partial charge in [0.2, 0.25) is 17.7 Å². The standard InChI is InChI=1S/C26H46N6O5/c1-7-18-14-32(22(17(18)6)23(34)31-20(25(36)37)12-15(2)3)24(35)19(30-21(33)13-16(4)5)10-8-9-11-29-26(27)28/h7,15-17,19-20,22H,8-14H2,1-6H3,(H,30,33)(H,31,34)(H,36,37)(H4,27,28,29)/b18-7+/t17-,19+,20+,22+/m1/s1. The number of carboxylic acid groups (broad SMARTS) is 1. The summed E-state index contributed by atoms with van der Waals surface area (Å²) in [5.74, 6) is -2.34. The number of nitrogens with zero attached hydrogens (tertiary/aromatic N) is 2. The molecule has 1 aliphatic rings. The lowest BCUT2D eigenvalue weighted by Crippen LogP contribution is -2.56. The third-order valence-corrected chi connectivity index (χ3v) is 6.41. The number of hydrogen-bond donors (Lipinski definition) is 5. The van der Waals surface area contributed by atoms with Gasteiger partial charge in [-0.1, -0.05) is 40.7 Å². The molecule has 1 aliphatic heterocycles. The second-order valence-electron chi connectivity index (χ2n) is 10.6. The number of amides is 3. The lowest BCUT2D eigenvalue weighted by molar-refractivity contribution is -0.145. The van der Waals surface area contributed by atoms with Crippen LogP contribution in [-0.2, 0) is 19.2 Å². The molecular weight excluding hydrogens is 476 g/mol. The maximum atomic E-state index is 13.8. The quantitative estimate of drug-likeness (QED) is 0.0988. The molecule has 11 heteroatoms. The molecule has 4 atom stereocenters. The second-order valence-corrected chi connectivity index (χ2v) is 10.6. The van der Waals surface area contributed by atoms with Crippen molar-refractivity contribution in [2.45, 2.75) is 91.8 Å². The van der Waals surface area contributed by atoms with E-state index < -0.39 is 30.0 Å². The number of guanidine groups is 1. The van der Waals surface area contributed by atoms with Crippen LogP contribution in [0, 0.1) is 17.8 Å². The number of rotatable bonds is 14. The number of nitrogens with one attached hydrogen (secondary N) is 2. The summed E-state index contributed by atoms with van der Waals surface area (Å²) in [6.07, 6.45) is 3.99. The van der Waals surface area contributed by atoms with Crippen molar-refractivity contribution >= 4 is 29.7 Å². The Kier molecular flexibility index (Phi) is 13.1. The molecule has 1 heterocycles. The van der Waals surface area contributed by atoms with Crippen molar-refractivity contribution < 1.29 is 24.3 Å². The summed E-state index contributed by atoms with van der Waals surface area (Å²) in [6.45, 7) is 11.9. The van der Waals surface area contributed by atoms with Gasteiger partial charge >= 0.3 is 5.97 Å².